The average molecular weight is 623 g/mol. The van der Waals surface area contributed by atoms with E-state index in [1.807, 2.05) is 30.3 Å². The summed E-state index contributed by atoms with van der Waals surface area (Å²) in [6.45, 7) is 3.59. The Bertz CT molecular complexity index is 1590. The molecule has 222 valence electrons. The van der Waals surface area contributed by atoms with Gasteiger partial charge >= 0.3 is 5.97 Å². The predicted octanol–water partition coefficient (Wildman–Crippen LogP) is 6.08. The maximum Gasteiger partial charge on any atom is 0.338 e. The van der Waals surface area contributed by atoms with Crippen LogP contribution in [-0.2, 0) is 20.7 Å². The van der Waals surface area contributed by atoms with Gasteiger partial charge in [0.2, 0.25) is 0 Å². The van der Waals surface area contributed by atoms with Crippen molar-refractivity contribution < 1.29 is 28.3 Å². The Morgan fingerprint density at radius 1 is 0.953 bits per heavy atom. The van der Waals surface area contributed by atoms with Crippen molar-refractivity contribution >= 4 is 47.2 Å². The van der Waals surface area contributed by atoms with Gasteiger partial charge in [0.1, 0.15) is 23.3 Å². The van der Waals surface area contributed by atoms with Gasteiger partial charge in [-0.1, -0.05) is 65.7 Å². The van der Waals surface area contributed by atoms with Crippen LogP contribution in [0.15, 0.2) is 94.4 Å². The molecule has 0 aliphatic rings. The van der Waals surface area contributed by atoms with Crippen LogP contribution in [0.2, 0.25) is 10.0 Å². The highest BCUT2D eigenvalue weighted by atomic mass is 35.5. The highest BCUT2D eigenvalue weighted by molar-refractivity contribution is 6.35. The summed E-state index contributed by atoms with van der Waals surface area (Å²) < 4.78 is 16.5. The molecular weight excluding hydrogens is 593 g/mol. The summed E-state index contributed by atoms with van der Waals surface area (Å²) in [7, 11) is 0. The molecule has 9 nitrogen and oxygen atoms in total. The van der Waals surface area contributed by atoms with E-state index in [4.69, 9.17) is 37.1 Å². The molecule has 0 saturated heterocycles. The third kappa shape index (κ3) is 8.94. The first-order valence-electron chi connectivity index (χ1n) is 13.4. The molecule has 43 heavy (non-hydrogen) atoms. The van der Waals surface area contributed by atoms with E-state index in [1.165, 1.54) is 12.3 Å². The quantitative estimate of drug-likeness (QED) is 0.112. The lowest BCUT2D eigenvalue weighted by Gasteiger charge is -2.21. The second-order valence-corrected chi connectivity index (χ2v) is 10.2. The molecule has 0 radical (unpaired) electrons. The third-order valence-corrected chi connectivity index (χ3v) is 6.69. The molecule has 1 aromatic heterocycles. The highest BCUT2D eigenvalue weighted by Crippen LogP contribution is 2.28. The van der Waals surface area contributed by atoms with Crippen LogP contribution in [0, 0.1) is 0 Å². The summed E-state index contributed by atoms with van der Waals surface area (Å²) in [5.74, 6) is -0.230. The first kappa shape index (κ1) is 31.3. The fraction of sp³-hybridized carbons (Fsp3) is 0.188. The fourth-order valence-corrected chi connectivity index (χ4v) is 4.42. The summed E-state index contributed by atoms with van der Waals surface area (Å²) in [6, 6.07) is 23.2. The van der Waals surface area contributed by atoms with E-state index in [0.29, 0.717) is 28.7 Å². The molecule has 4 rings (SSSR count). The molecule has 0 spiro atoms. The summed E-state index contributed by atoms with van der Waals surface area (Å²) in [5, 5.41) is 7.45. The number of nitrogens with zero attached hydrogens (tertiary/aromatic N) is 1. The number of nitrogens with one attached hydrogen (secondary N) is 2. The first-order valence-corrected chi connectivity index (χ1v) is 14.2. The summed E-state index contributed by atoms with van der Waals surface area (Å²) in [5.41, 5.74) is 4.50. The van der Waals surface area contributed by atoms with Gasteiger partial charge in [0.05, 0.1) is 23.4 Å². The largest absolute Gasteiger partial charge is 0.479 e. The van der Waals surface area contributed by atoms with Crippen molar-refractivity contribution in [2.24, 2.45) is 5.10 Å². The van der Waals surface area contributed by atoms with Gasteiger partial charge in [-0.2, -0.15) is 5.10 Å². The second kappa shape index (κ2) is 15.0. The Morgan fingerprint density at radius 2 is 1.70 bits per heavy atom. The van der Waals surface area contributed by atoms with Gasteiger partial charge in [0.15, 0.2) is 6.10 Å². The Kier molecular flexibility index (Phi) is 11.0. The van der Waals surface area contributed by atoms with Crippen molar-refractivity contribution in [2.75, 3.05) is 6.61 Å². The van der Waals surface area contributed by atoms with E-state index in [9.17, 15) is 14.4 Å². The SMILES string of the molecule is CCOC(=O)c1ccc(-c2ccc(/C=N\NC(=O)[C@H](Cc3ccccc3)NC(=O)[C@@H](C)Oc3ccc(Cl)cc3Cl)o2)cc1. The number of rotatable bonds is 12. The maximum atomic E-state index is 13.1. The van der Waals surface area contributed by atoms with Crippen LogP contribution in [0.1, 0.15) is 35.5 Å². The van der Waals surface area contributed by atoms with E-state index in [-0.39, 0.29) is 17.2 Å². The molecule has 2 N–H and O–H groups in total. The van der Waals surface area contributed by atoms with Crippen LogP contribution >= 0.6 is 23.2 Å². The lowest BCUT2D eigenvalue weighted by atomic mass is 10.1. The van der Waals surface area contributed by atoms with Crippen LogP contribution in [-0.4, -0.2) is 42.8 Å². The first-order chi connectivity index (χ1) is 20.7. The molecule has 0 fully saturated rings. The van der Waals surface area contributed by atoms with E-state index in [0.717, 1.165) is 11.1 Å². The minimum atomic E-state index is -0.957. The number of furan rings is 1. The molecule has 11 heteroatoms. The molecule has 2 amide bonds. The van der Waals surface area contributed by atoms with Gasteiger partial charge in [-0.25, -0.2) is 10.2 Å². The van der Waals surface area contributed by atoms with Crippen molar-refractivity contribution in [3.63, 3.8) is 0 Å². The number of ether oxygens (including phenoxy) is 2. The topological polar surface area (TPSA) is 119 Å². The van der Waals surface area contributed by atoms with E-state index in [2.05, 4.69) is 15.8 Å². The number of esters is 1. The van der Waals surface area contributed by atoms with Crippen molar-refractivity contribution in [1.29, 1.82) is 0 Å². The normalized spacial score (nSPS) is 12.4. The second-order valence-electron chi connectivity index (χ2n) is 9.32. The Balaban J connectivity index is 1.40. The van der Waals surface area contributed by atoms with Crippen LogP contribution in [0.4, 0.5) is 0 Å². The number of halogens is 2. The number of hydrazone groups is 1. The molecule has 0 aliphatic heterocycles. The number of hydrogen-bond donors (Lipinski definition) is 2. The molecule has 0 unspecified atom stereocenters. The highest BCUT2D eigenvalue weighted by Gasteiger charge is 2.25. The molecule has 4 aromatic rings. The maximum absolute atomic E-state index is 13.1. The third-order valence-electron chi connectivity index (χ3n) is 6.16. The zero-order valence-corrected chi connectivity index (χ0v) is 24.9. The Hall–Kier alpha value is -4.60. The number of benzene rings is 3. The Morgan fingerprint density at radius 3 is 2.40 bits per heavy atom. The number of carbonyl (C=O) groups excluding carboxylic acids is 3. The van der Waals surface area contributed by atoms with Crippen LogP contribution in [0.25, 0.3) is 11.3 Å². The molecule has 1 heterocycles. The van der Waals surface area contributed by atoms with Crippen LogP contribution < -0.4 is 15.5 Å². The van der Waals surface area contributed by atoms with Crippen molar-refractivity contribution in [2.45, 2.75) is 32.4 Å². The van der Waals surface area contributed by atoms with Gasteiger partial charge < -0.3 is 19.2 Å². The Labute approximate surface area is 258 Å². The minimum absolute atomic E-state index is 0.217. The minimum Gasteiger partial charge on any atom is -0.479 e. The fourth-order valence-electron chi connectivity index (χ4n) is 3.96. The van der Waals surface area contributed by atoms with Gasteiger partial charge in [0.25, 0.3) is 11.8 Å². The van der Waals surface area contributed by atoms with Crippen molar-refractivity contribution in [3.8, 4) is 17.1 Å². The van der Waals surface area contributed by atoms with Crippen LogP contribution in [0.3, 0.4) is 0 Å². The predicted molar refractivity (Wildman–Crippen MR) is 164 cm³/mol. The number of carbonyl (C=O) groups is 3. The lowest BCUT2D eigenvalue weighted by molar-refractivity contribution is -0.132. The van der Waals surface area contributed by atoms with Gasteiger partial charge in [-0.15, -0.1) is 0 Å². The summed E-state index contributed by atoms with van der Waals surface area (Å²) in [4.78, 5) is 38.0. The number of hydrogen-bond acceptors (Lipinski definition) is 7. The smallest absolute Gasteiger partial charge is 0.338 e. The van der Waals surface area contributed by atoms with Gasteiger partial charge in [0, 0.05) is 17.0 Å². The van der Waals surface area contributed by atoms with Crippen LogP contribution in [0.5, 0.6) is 5.75 Å². The van der Waals surface area contributed by atoms with Gasteiger partial charge in [-0.3, -0.25) is 9.59 Å². The molecule has 3 aromatic carbocycles. The van der Waals surface area contributed by atoms with Crippen molar-refractivity contribution in [1.82, 2.24) is 10.7 Å². The molecule has 0 saturated carbocycles. The molecule has 0 bridgehead atoms. The summed E-state index contributed by atoms with van der Waals surface area (Å²) in [6.07, 6.45) is 0.611. The lowest BCUT2D eigenvalue weighted by Crippen LogP contribution is -2.50. The average Bonchev–Trinajstić information content (AvgIpc) is 3.47. The monoisotopic (exact) mass is 621 g/mol. The van der Waals surface area contributed by atoms with Gasteiger partial charge in [-0.05, 0) is 61.9 Å². The zero-order valence-electron chi connectivity index (χ0n) is 23.4. The van der Waals surface area contributed by atoms with E-state index < -0.39 is 29.9 Å². The molecule has 0 aliphatic carbocycles. The standard InChI is InChI=1S/C32H29Cl2N3O6/c1-3-41-32(40)23-11-9-22(10-12-23)28-16-14-25(43-28)19-35-37-31(39)27(17-21-7-5-4-6-8-21)36-30(38)20(2)42-29-15-13-24(33)18-26(29)34/h4-16,18-20,27H,3,17H2,1-2H3,(H,36,38)(H,37,39)/b35-19-/t20-,27+/m1/s1. The zero-order chi connectivity index (χ0) is 30.8. The van der Waals surface area contributed by atoms with Crippen molar-refractivity contribution in [3.05, 3.63) is 112 Å². The molecule has 2 atom stereocenters. The number of amides is 2. The van der Waals surface area contributed by atoms with E-state index in [1.54, 1.807) is 62.4 Å². The molecular formula is C32H29Cl2N3O6. The van der Waals surface area contributed by atoms with E-state index >= 15 is 0 Å². The summed E-state index contributed by atoms with van der Waals surface area (Å²) >= 11 is 12.1.